The van der Waals surface area contributed by atoms with Gasteiger partial charge in [0.2, 0.25) is 5.91 Å². The Hall–Kier alpha value is -0.660. The van der Waals surface area contributed by atoms with Crippen molar-refractivity contribution in [2.45, 2.75) is 25.4 Å². The highest BCUT2D eigenvalue weighted by molar-refractivity contribution is 7.91. The lowest BCUT2D eigenvalue weighted by molar-refractivity contribution is -0.130. The van der Waals surface area contributed by atoms with Gasteiger partial charge in [0.05, 0.1) is 19.3 Å². The summed E-state index contributed by atoms with van der Waals surface area (Å²) in [5.41, 5.74) is 0.144. The van der Waals surface area contributed by atoms with Crippen LogP contribution >= 0.6 is 0 Å². The highest BCUT2D eigenvalue weighted by atomic mass is 32.2. The second kappa shape index (κ2) is 5.99. The fourth-order valence-electron chi connectivity index (χ4n) is 3.08. The zero-order valence-electron chi connectivity index (χ0n) is 12.1. The van der Waals surface area contributed by atoms with Crippen LogP contribution in [-0.2, 0) is 24.1 Å². The van der Waals surface area contributed by atoms with Crippen molar-refractivity contribution in [3.8, 4) is 0 Å². The lowest BCUT2D eigenvalue weighted by Crippen LogP contribution is -2.45. The monoisotopic (exact) mass is 305 g/mol. The molecular formula is C13H23NO5S. The lowest BCUT2D eigenvalue weighted by atomic mass is 9.76. The molecule has 1 atom stereocenters. The van der Waals surface area contributed by atoms with Crippen LogP contribution in [0.2, 0.25) is 0 Å². The smallest absolute Gasteiger partial charge is 0.237 e. The van der Waals surface area contributed by atoms with Gasteiger partial charge in [-0.1, -0.05) is 0 Å². The molecule has 0 aliphatic carbocycles. The summed E-state index contributed by atoms with van der Waals surface area (Å²) in [6, 6.07) is 0. The zero-order chi connectivity index (χ0) is 14.8. The van der Waals surface area contributed by atoms with Crippen molar-refractivity contribution in [1.82, 2.24) is 4.90 Å². The van der Waals surface area contributed by atoms with Gasteiger partial charge in [-0.15, -0.1) is 0 Å². The van der Waals surface area contributed by atoms with Gasteiger partial charge in [-0.3, -0.25) is 4.79 Å². The minimum Gasteiger partial charge on any atom is -0.382 e. The van der Waals surface area contributed by atoms with E-state index in [1.54, 1.807) is 12.0 Å². The summed E-state index contributed by atoms with van der Waals surface area (Å²) in [5.74, 6) is -0.669. The maximum atomic E-state index is 11.9. The summed E-state index contributed by atoms with van der Waals surface area (Å²) >= 11 is 0. The molecule has 116 valence electrons. The maximum absolute atomic E-state index is 11.9. The average molecular weight is 305 g/mol. The van der Waals surface area contributed by atoms with E-state index in [4.69, 9.17) is 9.47 Å². The fourth-order valence-corrected chi connectivity index (χ4v) is 3.71. The third-order valence-electron chi connectivity index (χ3n) is 4.20. The number of methoxy groups -OCH3 is 1. The molecule has 1 unspecified atom stereocenters. The van der Waals surface area contributed by atoms with Gasteiger partial charge < -0.3 is 14.4 Å². The summed E-state index contributed by atoms with van der Waals surface area (Å²) in [6.07, 6.45) is 3.97. The van der Waals surface area contributed by atoms with Gasteiger partial charge in [0, 0.05) is 26.5 Å². The molecule has 2 heterocycles. The van der Waals surface area contributed by atoms with Gasteiger partial charge >= 0.3 is 0 Å². The molecule has 7 heteroatoms. The molecule has 0 aromatic rings. The topological polar surface area (TPSA) is 72.9 Å². The number of piperidine rings is 1. The van der Waals surface area contributed by atoms with Crippen LogP contribution in [0.15, 0.2) is 0 Å². The van der Waals surface area contributed by atoms with Crippen molar-refractivity contribution in [3.63, 3.8) is 0 Å². The van der Waals surface area contributed by atoms with E-state index in [2.05, 4.69) is 0 Å². The quantitative estimate of drug-likeness (QED) is 0.735. The molecule has 0 saturated carbocycles. The second-order valence-corrected chi connectivity index (χ2v) is 8.18. The van der Waals surface area contributed by atoms with E-state index in [1.807, 2.05) is 0 Å². The summed E-state index contributed by atoms with van der Waals surface area (Å²) in [7, 11) is -1.58. The van der Waals surface area contributed by atoms with Gasteiger partial charge in [-0.05, 0) is 24.7 Å². The number of carbonyl (C=O) groups excluding carboxylic acids is 1. The average Bonchev–Trinajstić information content (AvgIpc) is 2.71. The minimum atomic E-state index is -3.25. The van der Waals surface area contributed by atoms with Crippen LogP contribution in [0.5, 0.6) is 0 Å². The summed E-state index contributed by atoms with van der Waals surface area (Å²) in [6.45, 7) is 2.57. The lowest BCUT2D eigenvalue weighted by Gasteiger charge is -2.38. The Morgan fingerprint density at radius 1 is 1.40 bits per heavy atom. The first kappa shape index (κ1) is 15.7. The minimum absolute atomic E-state index is 0.144. The number of carbonyl (C=O) groups is 1. The Morgan fingerprint density at radius 2 is 2.05 bits per heavy atom. The Kier molecular flexibility index (Phi) is 4.71. The molecule has 2 rings (SSSR count). The van der Waals surface area contributed by atoms with E-state index in [1.165, 1.54) is 0 Å². The van der Waals surface area contributed by atoms with Crippen molar-refractivity contribution < 1.29 is 22.7 Å². The first-order valence-electron chi connectivity index (χ1n) is 6.90. The van der Waals surface area contributed by atoms with Crippen LogP contribution in [0.1, 0.15) is 19.3 Å². The van der Waals surface area contributed by atoms with Gasteiger partial charge in [0.25, 0.3) is 0 Å². The van der Waals surface area contributed by atoms with Crippen molar-refractivity contribution in [1.29, 1.82) is 0 Å². The molecule has 2 saturated heterocycles. The molecule has 0 radical (unpaired) electrons. The second-order valence-electron chi connectivity index (χ2n) is 6.04. The molecule has 0 N–H and O–H groups in total. The number of hydrogen-bond acceptors (Lipinski definition) is 5. The molecule has 20 heavy (non-hydrogen) atoms. The van der Waals surface area contributed by atoms with E-state index < -0.39 is 9.84 Å². The third-order valence-corrected chi connectivity index (χ3v) is 4.97. The van der Waals surface area contributed by atoms with E-state index in [0.717, 1.165) is 32.1 Å². The van der Waals surface area contributed by atoms with Crippen LogP contribution in [-0.4, -0.2) is 70.8 Å². The normalized spacial score (nSPS) is 26.1. The highest BCUT2D eigenvalue weighted by Gasteiger charge is 2.43. The molecule has 0 bridgehead atoms. The van der Waals surface area contributed by atoms with Gasteiger partial charge in [-0.25, -0.2) is 8.42 Å². The SMILES string of the molecule is COCC1CC2(CCN(C(=O)CS(C)(=O)=O)CC2)CO1. The summed E-state index contributed by atoms with van der Waals surface area (Å²) in [5, 5.41) is 0. The third kappa shape index (κ3) is 3.93. The van der Waals surface area contributed by atoms with Crippen LogP contribution in [0.3, 0.4) is 0 Å². The first-order valence-corrected chi connectivity index (χ1v) is 8.96. The van der Waals surface area contributed by atoms with Crippen molar-refractivity contribution >= 4 is 15.7 Å². The molecule has 2 aliphatic rings. The summed E-state index contributed by atoms with van der Waals surface area (Å²) < 4.78 is 33.2. The molecular weight excluding hydrogens is 282 g/mol. The Bertz CT molecular complexity index is 453. The molecule has 1 amide bonds. The van der Waals surface area contributed by atoms with E-state index >= 15 is 0 Å². The van der Waals surface area contributed by atoms with Gasteiger partial charge in [0.15, 0.2) is 9.84 Å². The number of amides is 1. The molecule has 6 nitrogen and oxygen atoms in total. The van der Waals surface area contributed by atoms with Crippen LogP contribution in [0.4, 0.5) is 0 Å². The van der Waals surface area contributed by atoms with Gasteiger partial charge in [0.1, 0.15) is 5.75 Å². The predicted octanol–water partition coefficient (Wildman–Crippen LogP) is 0.0751. The molecule has 0 aromatic heterocycles. The standard InChI is InChI=1S/C13H23NO5S/c1-18-8-11-7-13(10-19-11)3-5-14(6-4-13)12(15)9-20(2,16)17/h11H,3-10H2,1-2H3. The van der Waals surface area contributed by atoms with E-state index in [-0.39, 0.29) is 23.2 Å². The number of nitrogens with zero attached hydrogens (tertiary/aromatic N) is 1. The highest BCUT2D eigenvalue weighted by Crippen LogP contribution is 2.41. The zero-order valence-corrected chi connectivity index (χ0v) is 12.9. The van der Waals surface area contributed by atoms with Crippen molar-refractivity contribution in [2.24, 2.45) is 5.41 Å². The van der Waals surface area contributed by atoms with Crippen molar-refractivity contribution in [2.75, 3.05) is 45.4 Å². The number of likely N-dealkylation sites (tertiary alicyclic amines) is 1. The molecule has 2 fully saturated rings. The van der Waals surface area contributed by atoms with Gasteiger partial charge in [-0.2, -0.15) is 0 Å². The number of sulfone groups is 1. The molecule has 0 aromatic carbocycles. The maximum Gasteiger partial charge on any atom is 0.237 e. The Morgan fingerprint density at radius 3 is 2.60 bits per heavy atom. The Labute approximate surface area is 120 Å². The largest absolute Gasteiger partial charge is 0.382 e. The fraction of sp³-hybridized carbons (Fsp3) is 0.923. The van der Waals surface area contributed by atoms with Crippen molar-refractivity contribution in [3.05, 3.63) is 0 Å². The summed E-state index contributed by atoms with van der Waals surface area (Å²) in [4.78, 5) is 13.5. The number of ether oxygens (including phenoxy) is 2. The van der Waals surface area contributed by atoms with E-state index in [0.29, 0.717) is 19.7 Å². The first-order chi connectivity index (χ1) is 9.34. The van der Waals surface area contributed by atoms with Crippen LogP contribution < -0.4 is 0 Å². The predicted molar refractivity (Wildman–Crippen MR) is 74.2 cm³/mol. The Balaban J connectivity index is 1.85. The van der Waals surface area contributed by atoms with E-state index in [9.17, 15) is 13.2 Å². The molecule has 1 spiro atoms. The van der Waals surface area contributed by atoms with Crippen LogP contribution in [0.25, 0.3) is 0 Å². The number of rotatable bonds is 4. The van der Waals surface area contributed by atoms with Crippen LogP contribution in [0, 0.1) is 5.41 Å². The molecule has 2 aliphatic heterocycles. The number of hydrogen-bond donors (Lipinski definition) is 0.